The van der Waals surface area contributed by atoms with Gasteiger partial charge in [0, 0.05) is 49.5 Å². The van der Waals surface area contributed by atoms with Gasteiger partial charge in [0.1, 0.15) is 24.6 Å². The number of aliphatic hydroxyl groups excluding tert-OH is 2. The third-order valence-corrected chi connectivity index (χ3v) is 12.2. The molecule has 3 aliphatic rings. The van der Waals surface area contributed by atoms with Crippen LogP contribution in [0.1, 0.15) is 72.3 Å². The van der Waals surface area contributed by atoms with Gasteiger partial charge in [-0.1, -0.05) is 56.7 Å². The van der Waals surface area contributed by atoms with E-state index < -0.39 is 72.7 Å². The fourth-order valence-corrected chi connectivity index (χ4v) is 8.79. The molecule has 4 heterocycles. The Bertz CT molecular complexity index is 1730. The second-order valence-corrected chi connectivity index (χ2v) is 16.9. The Balaban J connectivity index is 1.34. The summed E-state index contributed by atoms with van der Waals surface area (Å²) in [7, 11) is 3.73. The summed E-state index contributed by atoms with van der Waals surface area (Å²) in [5, 5.41) is 24.7. The predicted molar refractivity (Wildman–Crippen MR) is 224 cm³/mol. The first-order chi connectivity index (χ1) is 28.3. The number of esters is 1. The van der Waals surface area contributed by atoms with Gasteiger partial charge in [0.25, 0.3) is 0 Å². The molecule has 326 valence electrons. The standard InChI is InChI=1S/C46H67N3O10/c1-8-40-37(49-18-22-55-23-19-49)24-29(2)15-16-38(51)30(3)25-35(17-20-50)44(31(4)39(52)27-41(53)58-40)59-46-43(54)42(48(6)7)45(32(5)57-46)56-21-11-12-33-26-34-13-9-10-14-36(34)47-28-33/h9-10,13-16,20,24,26,28,30-32,35,37,39-40,42-46,52,54H,8,11-12,17-19,21-23,25,27H2,1-7H3/b16-15+,29-24+/t30-,31+,32-,35+,37+,39-,40-,42-,43-,44-,45-,46+/m1/s1. The van der Waals surface area contributed by atoms with Crippen LogP contribution in [0, 0.1) is 17.8 Å². The molecule has 0 saturated carbocycles. The monoisotopic (exact) mass is 821 g/mol. The summed E-state index contributed by atoms with van der Waals surface area (Å²) in [5.74, 6) is -2.44. The van der Waals surface area contributed by atoms with Crippen LogP contribution >= 0.6 is 0 Å². The minimum absolute atomic E-state index is 0.0273. The molecule has 0 amide bonds. The Morgan fingerprint density at radius 3 is 2.51 bits per heavy atom. The summed E-state index contributed by atoms with van der Waals surface area (Å²) in [5.41, 5.74) is 2.91. The van der Waals surface area contributed by atoms with Crippen molar-refractivity contribution < 1.29 is 48.3 Å². The first kappa shape index (κ1) is 46.7. The van der Waals surface area contributed by atoms with Crippen LogP contribution in [0.15, 0.2) is 60.3 Å². The molecule has 0 unspecified atom stereocenters. The van der Waals surface area contributed by atoms with Gasteiger partial charge < -0.3 is 43.6 Å². The number of ketones is 1. The molecule has 12 atom stereocenters. The highest BCUT2D eigenvalue weighted by Crippen LogP contribution is 2.35. The number of carbonyl (C=O) groups excluding carboxylic acids is 3. The zero-order valence-corrected chi connectivity index (χ0v) is 36.0. The Labute approximate surface area is 350 Å². The minimum atomic E-state index is -1.23. The average molecular weight is 822 g/mol. The van der Waals surface area contributed by atoms with Crippen molar-refractivity contribution in [2.45, 2.75) is 128 Å². The molecule has 0 aliphatic carbocycles. The van der Waals surface area contributed by atoms with E-state index in [1.54, 1.807) is 19.1 Å². The smallest absolute Gasteiger partial charge is 0.308 e. The number of para-hydroxylation sites is 1. The van der Waals surface area contributed by atoms with Gasteiger partial charge in [-0.25, -0.2) is 0 Å². The molecule has 1 aromatic carbocycles. The molecular weight excluding hydrogens is 755 g/mol. The Kier molecular flexibility index (Phi) is 17.8. The number of pyridine rings is 1. The zero-order chi connectivity index (χ0) is 42.6. The largest absolute Gasteiger partial charge is 0.460 e. The van der Waals surface area contributed by atoms with Crippen LogP contribution in [0.25, 0.3) is 10.9 Å². The van der Waals surface area contributed by atoms with Gasteiger partial charge in [-0.05, 0) is 83.3 Å². The first-order valence-electron chi connectivity index (χ1n) is 21.4. The molecule has 2 fully saturated rings. The van der Waals surface area contributed by atoms with Crippen LogP contribution in [-0.2, 0) is 44.5 Å². The summed E-state index contributed by atoms with van der Waals surface area (Å²) in [6.45, 7) is 12.2. The molecule has 5 rings (SSSR count). The molecule has 13 heteroatoms. The number of allylic oxidation sites excluding steroid dienone is 3. The minimum Gasteiger partial charge on any atom is -0.460 e. The van der Waals surface area contributed by atoms with Gasteiger partial charge in [0.15, 0.2) is 12.1 Å². The van der Waals surface area contributed by atoms with Crippen molar-refractivity contribution in [3.8, 4) is 0 Å². The second-order valence-electron chi connectivity index (χ2n) is 16.9. The highest BCUT2D eigenvalue weighted by atomic mass is 16.7. The summed E-state index contributed by atoms with van der Waals surface area (Å²) >= 11 is 0. The fraction of sp³-hybridized carbons (Fsp3) is 0.652. The molecule has 2 N–H and O–H groups in total. The lowest BCUT2D eigenvalue weighted by Gasteiger charge is -2.48. The number of nitrogens with zero attached hydrogens (tertiary/aromatic N) is 3. The molecule has 13 nitrogen and oxygen atoms in total. The molecular formula is C46H67N3O10. The van der Waals surface area contributed by atoms with Crippen LogP contribution < -0.4 is 0 Å². The second kappa shape index (κ2) is 22.4. The lowest BCUT2D eigenvalue weighted by molar-refractivity contribution is -0.308. The van der Waals surface area contributed by atoms with Gasteiger partial charge in [0.2, 0.25) is 0 Å². The van der Waals surface area contributed by atoms with E-state index in [1.807, 2.05) is 83.2 Å². The molecule has 2 aromatic rings. The number of aldehydes is 1. The van der Waals surface area contributed by atoms with Crippen LogP contribution in [0.3, 0.4) is 0 Å². The number of hydrogen-bond donors (Lipinski definition) is 2. The number of likely N-dealkylation sites (N-methyl/N-ethyl adjacent to an activating group) is 1. The molecule has 0 spiro atoms. The number of aryl methyl sites for hydroxylation is 1. The van der Waals surface area contributed by atoms with Gasteiger partial charge >= 0.3 is 5.97 Å². The zero-order valence-electron chi connectivity index (χ0n) is 36.0. The number of hydrogen-bond acceptors (Lipinski definition) is 13. The van der Waals surface area contributed by atoms with Crippen molar-refractivity contribution in [2.75, 3.05) is 47.0 Å². The normalized spacial score (nSPS) is 34.9. The maximum Gasteiger partial charge on any atom is 0.308 e. The van der Waals surface area contributed by atoms with E-state index in [-0.39, 0.29) is 31.1 Å². The third-order valence-electron chi connectivity index (χ3n) is 12.2. The Morgan fingerprint density at radius 1 is 1.05 bits per heavy atom. The number of ether oxygens (including phenoxy) is 5. The molecule has 1 aromatic heterocycles. The lowest BCUT2D eigenvalue weighted by atomic mass is 9.79. The molecule has 0 bridgehead atoms. The SMILES string of the molecule is CC[C@H]1OC(=O)C[C@@H](O)[C@H](C)[C@@H](O[C@@H]2O[C@H](C)[C@@H](OCCCc3cnc4ccccc4c3)[C@H](N(C)C)[C@H]2O)[C@@H](CC=O)C[C@@H](C)C(=O)/C=C/C(C)=C/[C@@H]1N1CCOCC1. The predicted octanol–water partition coefficient (Wildman–Crippen LogP) is 4.70. The van der Waals surface area contributed by atoms with Crippen molar-refractivity contribution in [3.63, 3.8) is 0 Å². The van der Waals surface area contributed by atoms with E-state index in [1.165, 1.54) is 0 Å². The van der Waals surface area contributed by atoms with Crippen molar-refractivity contribution in [2.24, 2.45) is 17.8 Å². The topological polar surface area (TPSA) is 157 Å². The summed E-state index contributed by atoms with van der Waals surface area (Å²) in [4.78, 5) is 48.1. The first-order valence-corrected chi connectivity index (χ1v) is 21.4. The van der Waals surface area contributed by atoms with Crippen molar-refractivity contribution in [1.29, 1.82) is 0 Å². The number of benzene rings is 1. The number of rotatable bonds is 12. The number of fused-ring (bicyclic) bond motifs is 1. The third kappa shape index (κ3) is 12.6. The quantitative estimate of drug-likeness (QED) is 0.173. The average Bonchev–Trinajstić information content (AvgIpc) is 3.22. The number of carbonyl (C=O) groups is 3. The highest BCUT2D eigenvalue weighted by molar-refractivity contribution is 5.91. The maximum absolute atomic E-state index is 13.6. The van der Waals surface area contributed by atoms with Crippen molar-refractivity contribution in [3.05, 3.63) is 65.9 Å². The van der Waals surface area contributed by atoms with E-state index in [9.17, 15) is 24.6 Å². The van der Waals surface area contributed by atoms with E-state index in [2.05, 4.69) is 16.0 Å². The molecule has 59 heavy (non-hydrogen) atoms. The van der Waals surface area contributed by atoms with E-state index >= 15 is 0 Å². The summed E-state index contributed by atoms with van der Waals surface area (Å²) < 4.78 is 31.2. The fourth-order valence-electron chi connectivity index (χ4n) is 8.79. The summed E-state index contributed by atoms with van der Waals surface area (Å²) in [6, 6.07) is 9.37. The van der Waals surface area contributed by atoms with E-state index in [0.717, 1.165) is 41.2 Å². The van der Waals surface area contributed by atoms with Gasteiger partial charge in [-0.2, -0.15) is 0 Å². The molecule has 0 radical (unpaired) electrons. The van der Waals surface area contributed by atoms with Crippen LogP contribution in [0.4, 0.5) is 0 Å². The Morgan fingerprint density at radius 2 is 1.80 bits per heavy atom. The molecule has 3 aliphatic heterocycles. The van der Waals surface area contributed by atoms with Gasteiger partial charge in [-0.15, -0.1) is 0 Å². The Hall–Kier alpha value is -3.40. The van der Waals surface area contributed by atoms with Gasteiger partial charge in [0.05, 0.1) is 55.5 Å². The van der Waals surface area contributed by atoms with E-state index in [0.29, 0.717) is 39.3 Å². The number of morpholine rings is 1. The number of aliphatic hydroxyl groups is 2. The van der Waals surface area contributed by atoms with Gasteiger partial charge in [-0.3, -0.25) is 19.5 Å². The lowest BCUT2D eigenvalue weighted by Crippen LogP contribution is -2.64. The highest BCUT2D eigenvalue weighted by Gasteiger charge is 2.48. The van der Waals surface area contributed by atoms with Crippen molar-refractivity contribution in [1.82, 2.24) is 14.8 Å². The summed E-state index contributed by atoms with van der Waals surface area (Å²) in [6.07, 6.45) is 4.12. The number of cyclic esters (lactones) is 1. The van der Waals surface area contributed by atoms with E-state index in [4.69, 9.17) is 23.7 Å². The van der Waals surface area contributed by atoms with Crippen LogP contribution in [0.5, 0.6) is 0 Å². The van der Waals surface area contributed by atoms with Crippen molar-refractivity contribution >= 4 is 28.9 Å². The number of aromatic nitrogens is 1. The molecule has 2 saturated heterocycles. The van der Waals surface area contributed by atoms with Crippen LogP contribution in [-0.4, -0.2) is 145 Å². The van der Waals surface area contributed by atoms with Crippen LogP contribution in [0.2, 0.25) is 0 Å². The maximum atomic E-state index is 13.6.